The molecule has 1 atom stereocenters. The Kier molecular flexibility index (Phi) is 11.0. The van der Waals surface area contributed by atoms with Gasteiger partial charge < -0.3 is 15.0 Å². The molecule has 2 amide bonds. The second-order valence-electron chi connectivity index (χ2n) is 9.93. The molecule has 0 aliphatic rings. The van der Waals surface area contributed by atoms with Gasteiger partial charge in [0.05, 0.1) is 18.6 Å². The molecule has 0 spiro atoms. The van der Waals surface area contributed by atoms with Crippen LogP contribution in [0.5, 0.6) is 5.75 Å². The largest absolute Gasteiger partial charge is 0.494 e. The molecule has 0 aromatic heterocycles. The lowest BCUT2D eigenvalue weighted by molar-refractivity contribution is -0.141. The fraction of sp³-hybridized carbons (Fsp3) is 0.481. The van der Waals surface area contributed by atoms with E-state index in [4.69, 9.17) is 4.74 Å². The lowest BCUT2D eigenvalue weighted by Gasteiger charge is -2.32. The number of hydrogen-bond acceptors (Lipinski definition) is 5. The van der Waals surface area contributed by atoms with E-state index in [0.29, 0.717) is 24.5 Å². The zero-order valence-electron chi connectivity index (χ0n) is 22.5. The van der Waals surface area contributed by atoms with Crippen molar-refractivity contribution in [2.45, 2.75) is 65.6 Å². The van der Waals surface area contributed by atoms with E-state index in [0.717, 1.165) is 16.3 Å². The maximum Gasteiger partial charge on any atom is 0.242 e. The Labute approximate surface area is 229 Å². The summed E-state index contributed by atoms with van der Waals surface area (Å²) < 4.78 is 32.6. The fourth-order valence-electron chi connectivity index (χ4n) is 3.72. The molecule has 0 aliphatic heterocycles. The molecule has 8 nitrogen and oxygen atoms in total. The van der Waals surface area contributed by atoms with Crippen LogP contribution in [0.3, 0.4) is 0 Å². The number of nitrogens with one attached hydrogen (secondary N) is 1. The Balaban J connectivity index is 2.17. The predicted octanol–water partition coefficient (Wildman–Crippen LogP) is 4.73. The molecule has 204 valence electrons. The SMILES string of the molecule is CCOc1ccc(N(CCCC(=O)N(Cc2ccc(Br)cc2)[C@H](C)C(=O)NC(C)(C)C)S(C)(=O)=O)cc1. The monoisotopic (exact) mass is 595 g/mol. The highest BCUT2D eigenvalue weighted by molar-refractivity contribution is 9.10. The van der Waals surface area contributed by atoms with Gasteiger partial charge in [-0.3, -0.25) is 13.9 Å². The van der Waals surface area contributed by atoms with E-state index in [9.17, 15) is 18.0 Å². The van der Waals surface area contributed by atoms with Crippen molar-refractivity contribution in [3.63, 3.8) is 0 Å². The molecule has 2 aromatic rings. The lowest BCUT2D eigenvalue weighted by Crippen LogP contribution is -2.52. The molecule has 10 heteroatoms. The summed E-state index contributed by atoms with van der Waals surface area (Å²) in [6.45, 7) is 10.2. The third kappa shape index (κ3) is 10.0. The molecule has 0 saturated heterocycles. The van der Waals surface area contributed by atoms with Crippen molar-refractivity contribution in [3.8, 4) is 5.75 Å². The normalized spacial score (nSPS) is 12.5. The molecular formula is C27H38BrN3O5S. The summed E-state index contributed by atoms with van der Waals surface area (Å²) in [7, 11) is -3.56. The maximum atomic E-state index is 13.4. The van der Waals surface area contributed by atoms with Gasteiger partial charge in [-0.2, -0.15) is 0 Å². The van der Waals surface area contributed by atoms with Gasteiger partial charge in [0.15, 0.2) is 0 Å². The van der Waals surface area contributed by atoms with E-state index in [2.05, 4.69) is 21.2 Å². The molecular weight excluding hydrogens is 558 g/mol. The van der Waals surface area contributed by atoms with Crippen molar-refractivity contribution >= 4 is 43.5 Å². The summed E-state index contributed by atoms with van der Waals surface area (Å²) in [6.07, 6.45) is 1.53. The van der Waals surface area contributed by atoms with Crippen LogP contribution < -0.4 is 14.4 Å². The Morgan fingerprint density at radius 3 is 2.16 bits per heavy atom. The molecule has 0 bridgehead atoms. The molecule has 0 saturated carbocycles. The number of sulfonamides is 1. The number of nitrogens with zero attached hydrogens (tertiary/aromatic N) is 2. The van der Waals surface area contributed by atoms with E-state index < -0.39 is 21.6 Å². The third-order valence-corrected chi connectivity index (χ3v) is 7.24. The van der Waals surface area contributed by atoms with E-state index in [1.165, 1.54) is 4.31 Å². The van der Waals surface area contributed by atoms with Gasteiger partial charge in [-0.1, -0.05) is 28.1 Å². The number of amides is 2. The number of rotatable bonds is 12. The number of anilines is 1. The van der Waals surface area contributed by atoms with Crippen molar-refractivity contribution < 1.29 is 22.7 Å². The zero-order valence-corrected chi connectivity index (χ0v) is 24.9. The van der Waals surface area contributed by atoms with Crippen LogP contribution >= 0.6 is 15.9 Å². The summed E-state index contributed by atoms with van der Waals surface area (Å²) in [6, 6.07) is 13.7. The van der Waals surface area contributed by atoms with E-state index in [-0.39, 0.29) is 31.3 Å². The molecule has 37 heavy (non-hydrogen) atoms. The van der Waals surface area contributed by atoms with Crippen molar-refractivity contribution in [2.75, 3.05) is 23.7 Å². The minimum Gasteiger partial charge on any atom is -0.494 e. The number of ether oxygens (including phenoxy) is 1. The van der Waals surface area contributed by atoms with Crippen LogP contribution in [-0.4, -0.2) is 56.1 Å². The second-order valence-corrected chi connectivity index (χ2v) is 12.8. The molecule has 1 N–H and O–H groups in total. The number of halogens is 1. The van der Waals surface area contributed by atoms with Crippen molar-refractivity contribution in [3.05, 3.63) is 58.6 Å². The number of hydrogen-bond donors (Lipinski definition) is 1. The molecule has 0 unspecified atom stereocenters. The first-order valence-corrected chi connectivity index (χ1v) is 14.9. The summed E-state index contributed by atoms with van der Waals surface area (Å²) in [4.78, 5) is 27.8. The van der Waals surface area contributed by atoms with E-state index >= 15 is 0 Å². The van der Waals surface area contributed by atoms with Gasteiger partial charge in [0.1, 0.15) is 11.8 Å². The number of benzene rings is 2. The van der Waals surface area contributed by atoms with Crippen LogP contribution in [0.1, 0.15) is 53.0 Å². The predicted molar refractivity (Wildman–Crippen MR) is 151 cm³/mol. The van der Waals surface area contributed by atoms with Crippen LogP contribution in [0.25, 0.3) is 0 Å². The Morgan fingerprint density at radius 2 is 1.65 bits per heavy atom. The quantitative estimate of drug-likeness (QED) is 0.383. The van der Waals surface area contributed by atoms with Gasteiger partial charge in [0, 0.05) is 29.5 Å². The maximum absolute atomic E-state index is 13.4. The molecule has 0 aliphatic carbocycles. The number of carbonyl (C=O) groups excluding carboxylic acids is 2. The summed E-state index contributed by atoms with van der Waals surface area (Å²) in [5.74, 6) is 0.186. The van der Waals surface area contributed by atoms with Gasteiger partial charge in [0.2, 0.25) is 21.8 Å². The summed E-state index contributed by atoms with van der Waals surface area (Å²) >= 11 is 3.41. The molecule has 0 fully saturated rings. The van der Waals surface area contributed by atoms with Crippen LogP contribution in [0.2, 0.25) is 0 Å². The van der Waals surface area contributed by atoms with Gasteiger partial charge in [-0.25, -0.2) is 8.42 Å². The Bertz CT molecular complexity index is 1150. The van der Waals surface area contributed by atoms with Crippen LogP contribution in [0, 0.1) is 0 Å². The average Bonchev–Trinajstić information content (AvgIpc) is 2.80. The van der Waals surface area contributed by atoms with Crippen LogP contribution in [-0.2, 0) is 26.2 Å². The van der Waals surface area contributed by atoms with Gasteiger partial charge in [-0.15, -0.1) is 0 Å². The Hall–Kier alpha value is -2.59. The van der Waals surface area contributed by atoms with E-state index in [1.807, 2.05) is 52.0 Å². The minimum absolute atomic E-state index is 0.0900. The van der Waals surface area contributed by atoms with Gasteiger partial charge in [0.25, 0.3) is 0 Å². The summed E-state index contributed by atoms with van der Waals surface area (Å²) in [5, 5.41) is 2.94. The lowest BCUT2D eigenvalue weighted by atomic mass is 10.1. The minimum atomic E-state index is -3.56. The highest BCUT2D eigenvalue weighted by Crippen LogP contribution is 2.23. The standard InChI is InChI=1S/C27H38BrN3O5S/c1-7-36-24-16-14-23(15-17-24)31(37(6,34)35)18-8-9-25(32)30(19-21-10-12-22(28)13-11-21)20(2)26(33)29-27(3,4)5/h10-17,20H,7-9,18-19H2,1-6H3,(H,29,33)/t20-/m1/s1. The topological polar surface area (TPSA) is 96.0 Å². The van der Waals surface area contributed by atoms with Gasteiger partial charge >= 0.3 is 0 Å². The summed E-state index contributed by atoms with van der Waals surface area (Å²) in [5.41, 5.74) is 0.952. The van der Waals surface area contributed by atoms with Gasteiger partial charge in [-0.05, 0) is 83.0 Å². The first-order valence-electron chi connectivity index (χ1n) is 12.3. The molecule has 2 aromatic carbocycles. The number of carbonyl (C=O) groups is 2. The smallest absolute Gasteiger partial charge is 0.242 e. The molecule has 0 radical (unpaired) electrons. The highest BCUT2D eigenvalue weighted by atomic mass is 79.9. The van der Waals surface area contributed by atoms with Crippen molar-refractivity contribution in [1.82, 2.24) is 10.2 Å². The zero-order chi connectivity index (χ0) is 27.8. The Morgan fingerprint density at radius 1 is 1.05 bits per heavy atom. The fourth-order valence-corrected chi connectivity index (χ4v) is 4.95. The van der Waals surface area contributed by atoms with Crippen molar-refractivity contribution in [1.29, 1.82) is 0 Å². The highest BCUT2D eigenvalue weighted by Gasteiger charge is 2.28. The average molecular weight is 597 g/mol. The van der Waals surface area contributed by atoms with Crippen LogP contribution in [0.4, 0.5) is 5.69 Å². The molecule has 2 rings (SSSR count). The molecule has 0 heterocycles. The third-order valence-electron chi connectivity index (χ3n) is 5.52. The van der Waals surface area contributed by atoms with Crippen LogP contribution in [0.15, 0.2) is 53.0 Å². The van der Waals surface area contributed by atoms with E-state index in [1.54, 1.807) is 36.1 Å². The second kappa shape index (κ2) is 13.3. The first kappa shape index (κ1) is 30.6. The van der Waals surface area contributed by atoms with Crippen molar-refractivity contribution in [2.24, 2.45) is 0 Å². The first-order chi connectivity index (χ1) is 17.2.